The highest BCUT2D eigenvalue weighted by atomic mass is 35.5. The van der Waals surface area contributed by atoms with E-state index in [9.17, 15) is 4.79 Å². The van der Waals surface area contributed by atoms with Crippen molar-refractivity contribution < 1.29 is 13.9 Å². The Hall–Kier alpha value is -1.43. The Morgan fingerprint density at radius 1 is 1.35 bits per heavy atom. The van der Waals surface area contributed by atoms with Crippen molar-refractivity contribution in [2.75, 3.05) is 20.3 Å². The van der Waals surface area contributed by atoms with E-state index >= 15 is 0 Å². The number of methoxy groups -OCH3 is 1. The molecule has 1 amide bonds. The van der Waals surface area contributed by atoms with E-state index in [0.29, 0.717) is 24.7 Å². The number of carbonyl (C=O) groups is 1. The van der Waals surface area contributed by atoms with Gasteiger partial charge in [0.2, 0.25) is 5.91 Å². The maximum atomic E-state index is 12.8. The number of rotatable bonds is 8. The quantitative estimate of drug-likeness (QED) is 0.670. The van der Waals surface area contributed by atoms with E-state index in [-0.39, 0.29) is 11.2 Å². The van der Waals surface area contributed by atoms with Crippen molar-refractivity contribution in [3.05, 3.63) is 53.4 Å². The normalized spacial score (nSPS) is 12.1. The van der Waals surface area contributed by atoms with Crippen molar-refractivity contribution in [1.82, 2.24) is 4.90 Å². The van der Waals surface area contributed by atoms with Crippen LogP contribution in [0.4, 0.5) is 0 Å². The molecule has 0 bridgehead atoms. The van der Waals surface area contributed by atoms with Gasteiger partial charge in [-0.05, 0) is 31.2 Å². The first-order valence-corrected chi connectivity index (χ1v) is 8.59. The molecule has 2 rings (SSSR count). The van der Waals surface area contributed by atoms with Crippen molar-refractivity contribution in [2.45, 2.75) is 23.6 Å². The predicted octanol–water partition coefficient (Wildman–Crippen LogP) is 4.09. The molecule has 1 atom stereocenters. The van der Waals surface area contributed by atoms with Gasteiger partial charge in [-0.2, -0.15) is 0 Å². The van der Waals surface area contributed by atoms with Crippen molar-refractivity contribution in [1.29, 1.82) is 0 Å². The molecule has 2 aromatic rings. The van der Waals surface area contributed by atoms with Gasteiger partial charge < -0.3 is 14.1 Å². The van der Waals surface area contributed by atoms with Crippen molar-refractivity contribution in [2.24, 2.45) is 0 Å². The Morgan fingerprint density at radius 2 is 2.13 bits per heavy atom. The Balaban J connectivity index is 2.04. The summed E-state index contributed by atoms with van der Waals surface area (Å²) in [6.07, 6.45) is 1.61. The van der Waals surface area contributed by atoms with Gasteiger partial charge in [0.05, 0.1) is 29.7 Å². The van der Waals surface area contributed by atoms with Gasteiger partial charge in [0.1, 0.15) is 5.76 Å². The lowest BCUT2D eigenvalue weighted by atomic mass is 10.3. The molecule has 0 aliphatic rings. The van der Waals surface area contributed by atoms with Crippen LogP contribution in [0, 0.1) is 0 Å². The Bertz CT molecular complexity index is 618. The molecular weight excluding hydrogens is 334 g/mol. The van der Waals surface area contributed by atoms with Gasteiger partial charge in [-0.15, -0.1) is 11.8 Å². The molecule has 23 heavy (non-hydrogen) atoms. The summed E-state index contributed by atoms with van der Waals surface area (Å²) < 4.78 is 10.5. The molecule has 0 spiro atoms. The Morgan fingerprint density at radius 3 is 2.78 bits per heavy atom. The van der Waals surface area contributed by atoms with Crippen LogP contribution in [0.25, 0.3) is 0 Å². The minimum Gasteiger partial charge on any atom is -0.467 e. The molecule has 1 aromatic carbocycles. The van der Waals surface area contributed by atoms with Crippen LogP contribution in [-0.4, -0.2) is 36.3 Å². The number of furan rings is 1. The van der Waals surface area contributed by atoms with Gasteiger partial charge in [0.25, 0.3) is 0 Å². The fourth-order valence-corrected chi connectivity index (χ4v) is 3.34. The largest absolute Gasteiger partial charge is 0.467 e. The fourth-order valence-electron chi connectivity index (χ4n) is 2.10. The van der Waals surface area contributed by atoms with Crippen LogP contribution in [0.3, 0.4) is 0 Å². The topological polar surface area (TPSA) is 42.7 Å². The molecule has 0 fully saturated rings. The summed E-state index contributed by atoms with van der Waals surface area (Å²) >= 11 is 7.63. The van der Waals surface area contributed by atoms with Crippen LogP contribution in [0.5, 0.6) is 0 Å². The van der Waals surface area contributed by atoms with Gasteiger partial charge >= 0.3 is 0 Å². The van der Waals surface area contributed by atoms with E-state index < -0.39 is 0 Å². The molecule has 0 saturated carbocycles. The molecule has 0 aliphatic carbocycles. The van der Waals surface area contributed by atoms with E-state index in [0.717, 1.165) is 10.7 Å². The van der Waals surface area contributed by atoms with Crippen LogP contribution in [0.1, 0.15) is 12.7 Å². The number of hydrogen-bond acceptors (Lipinski definition) is 4. The SMILES string of the molecule is COCCN(Cc1ccco1)C(=O)C(C)Sc1ccccc1Cl. The van der Waals surface area contributed by atoms with Crippen LogP contribution in [-0.2, 0) is 16.1 Å². The monoisotopic (exact) mass is 353 g/mol. The number of amides is 1. The highest BCUT2D eigenvalue weighted by Crippen LogP contribution is 2.31. The lowest BCUT2D eigenvalue weighted by Crippen LogP contribution is -2.38. The summed E-state index contributed by atoms with van der Waals surface area (Å²) in [5.74, 6) is 0.785. The zero-order chi connectivity index (χ0) is 16.7. The van der Waals surface area contributed by atoms with Gasteiger partial charge in [-0.1, -0.05) is 23.7 Å². The first-order chi connectivity index (χ1) is 11.1. The van der Waals surface area contributed by atoms with Gasteiger partial charge in [-0.3, -0.25) is 4.79 Å². The summed E-state index contributed by atoms with van der Waals surface area (Å²) in [4.78, 5) is 15.4. The first-order valence-electron chi connectivity index (χ1n) is 7.33. The highest BCUT2D eigenvalue weighted by molar-refractivity contribution is 8.00. The lowest BCUT2D eigenvalue weighted by Gasteiger charge is -2.24. The maximum absolute atomic E-state index is 12.8. The minimum absolute atomic E-state index is 0.0309. The average molecular weight is 354 g/mol. The molecule has 0 N–H and O–H groups in total. The van der Waals surface area contributed by atoms with E-state index in [1.165, 1.54) is 11.8 Å². The highest BCUT2D eigenvalue weighted by Gasteiger charge is 2.23. The van der Waals surface area contributed by atoms with E-state index in [1.54, 1.807) is 18.3 Å². The van der Waals surface area contributed by atoms with Crippen molar-refractivity contribution >= 4 is 29.3 Å². The zero-order valence-corrected chi connectivity index (χ0v) is 14.8. The third-order valence-electron chi connectivity index (χ3n) is 3.29. The number of halogens is 1. The number of benzene rings is 1. The van der Waals surface area contributed by atoms with Crippen LogP contribution in [0.2, 0.25) is 5.02 Å². The average Bonchev–Trinajstić information content (AvgIpc) is 3.06. The second-order valence-corrected chi connectivity index (χ2v) is 6.81. The molecule has 0 aliphatic heterocycles. The molecule has 1 heterocycles. The van der Waals surface area contributed by atoms with Gasteiger partial charge in [0, 0.05) is 18.6 Å². The Kier molecular flexibility index (Phi) is 7.02. The molecule has 0 radical (unpaired) electrons. The molecule has 4 nitrogen and oxygen atoms in total. The zero-order valence-electron chi connectivity index (χ0n) is 13.2. The summed E-state index contributed by atoms with van der Waals surface area (Å²) in [5.41, 5.74) is 0. The minimum atomic E-state index is -0.248. The number of carbonyl (C=O) groups excluding carboxylic acids is 1. The van der Waals surface area contributed by atoms with Crippen LogP contribution in [0.15, 0.2) is 52.0 Å². The predicted molar refractivity (Wildman–Crippen MR) is 92.8 cm³/mol. The number of hydrogen-bond donors (Lipinski definition) is 0. The maximum Gasteiger partial charge on any atom is 0.236 e. The lowest BCUT2D eigenvalue weighted by molar-refractivity contribution is -0.131. The van der Waals surface area contributed by atoms with Crippen molar-refractivity contribution in [3.63, 3.8) is 0 Å². The fraction of sp³-hybridized carbons (Fsp3) is 0.353. The van der Waals surface area contributed by atoms with Crippen LogP contribution >= 0.6 is 23.4 Å². The van der Waals surface area contributed by atoms with E-state index in [4.69, 9.17) is 20.8 Å². The second-order valence-electron chi connectivity index (χ2n) is 5.02. The third-order valence-corrected chi connectivity index (χ3v) is 4.90. The summed E-state index contributed by atoms with van der Waals surface area (Å²) in [6, 6.07) is 11.2. The summed E-state index contributed by atoms with van der Waals surface area (Å²) in [5, 5.41) is 0.411. The third kappa shape index (κ3) is 5.30. The molecule has 124 valence electrons. The van der Waals surface area contributed by atoms with E-state index in [1.807, 2.05) is 43.3 Å². The van der Waals surface area contributed by atoms with Crippen LogP contribution < -0.4 is 0 Å². The summed E-state index contributed by atoms with van der Waals surface area (Å²) in [7, 11) is 1.62. The van der Waals surface area contributed by atoms with Gasteiger partial charge in [-0.25, -0.2) is 0 Å². The molecule has 0 saturated heterocycles. The number of thioether (sulfide) groups is 1. The molecular formula is C17H20ClNO3S. The smallest absolute Gasteiger partial charge is 0.236 e. The van der Waals surface area contributed by atoms with Crippen molar-refractivity contribution in [3.8, 4) is 0 Å². The number of ether oxygens (including phenoxy) is 1. The number of nitrogens with zero attached hydrogens (tertiary/aromatic N) is 1. The van der Waals surface area contributed by atoms with E-state index in [2.05, 4.69) is 0 Å². The standard InChI is InChI=1S/C17H20ClNO3S/c1-13(23-16-8-4-3-7-15(16)18)17(20)19(9-11-21-2)12-14-6-5-10-22-14/h3-8,10,13H,9,11-12H2,1-2H3. The molecule has 6 heteroatoms. The first kappa shape index (κ1) is 17.9. The van der Waals surface area contributed by atoms with Gasteiger partial charge in [0.15, 0.2) is 0 Å². The Labute approximate surface area is 145 Å². The molecule has 1 unspecified atom stereocenters. The molecule has 1 aromatic heterocycles. The second kappa shape index (κ2) is 9.01. The summed E-state index contributed by atoms with van der Waals surface area (Å²) in [6.45, 7) is 3.32.